The van der Waals surface area contributed by atoms with Crippen LogP contribution in [0.5, 0.6) is 23.0 Å². The Hall–Kier alpha value is -4.33. The minimum atomic E-state index is 0.549. The number of rotatable bonds is 8. The van der Waals surface area contributed by atoms with Gasteiger partial charge >= 0.3 is 0 Å². The zero-order valence-corrected chi connectivity index (χ0v) is 19.7. The van der Waals surface area contributed by atoms with E-state index in [1.54, 1.807) is 26.6 Å². The molecule has 1 aliphatic rings. The molecule has 0 atom stereocenters. The van der Waals surface area contributed by atoms with E-state index < -0.39 is 0 Å². The van der Waals surface area contributed by atoms with Crippen LogP contribution in [0.25, 0.3) is 23.1 Å². The van der Waals surface area contributed by atoms with Crippen molar-refractivity contribution in [2.75, 3.05) is 39.3 Å². The van der Waals surface area contributed by atoms with Gasteiger partial charge in [-0.1, -0.05) is 12.1 Å². The number of benzene rings is 2. The van der Waals surface area contributed by atoms with E-state index in [2.05, 4.69) is 10.3 Å². The van der Waals surface area contributed by atoms with Crippen LogP contribution in [0.3, 0.4) is 0 Å². The predicted molar refractivity (Wildman–Crippen MR) is 135 cm³/mol. The first-order valence-electron chi connectivity index (χ1n) is 11.4. The predicted octanol–water partition coefficient (Wildman–Crippen LogP) is 4.64. The summed E-state index contributed by atoms with van der Waals surface area (Å²) < 4.78 is 22.3. The molecule has 0 saturated heterocycles. The fourth-order valence-corrected chi connectivity index (χ4v) is 3.89. The number of nitrogens with one attached hydrogen (secondary N) is 1. The normalized spacial score (nSPS) is 12.6. The summed E-state index contributed by atoms with van der Waals surface area (Å²) in [6.45, 7) is 1.82. The van der Waals surface area contributed by atoms with Crippen LogP contribution in [0, 0.1) is 0 Å². The number of methoxy groups -OCH3 is 2. The van der Waals surface area contributed by atoms with Crippen molar-refractivity contribution < 1.29 is 18.9 Å². The molecule has 2 aromatic carbocycles. The maximum absolute atomic E-state index is 5.69. The van der Waals surface area contributed by atoms with Gasteiger partial charge in [0.05, 0.1) is 19.7 Å². The minimum absolute atomic E-state index is 0.549. The van der Waals surface area contributed by atoms with Gasteiger partial charge in [-0.2, -0.15) is 0 Å². The lowest BCUT2D eigenvalue weighted by Gasteiger charge is -2.18. The maximum atomic E-state index is 5.69. The van der Waals surface area contributed by atoms with Crippen molar-refractivity contribution in [2.45, 2.75) is 6.42 Å². The third-order valence-electron chi connectivity index (χ3n) is 5.66. The highest BCUT2D eigenvalue weighted by Gasteiger charge is 2.14. The second kappa shape index (κ2) is 10.3. The van der Waals surface area contributed by atoms with Gasteiger partial charge in [-0.3, -0.25) is 4.98 Å². The molecule has 4 aromatic rings. The molecule has 1 aliphatic heterocycles. The van der Waals surface area contributed by atoms with E-state index in [0.717, 1.165) is 40.2 Å². The summed E-state index contributed by atoms with van der Waals surface area (Å²) in [5.41, 5.74) is 2.92. The fraction of sp³-hybridized carbons (Fsp3) is 0.222. The van der Waals surface area contributed by atoms with E-state index in [1.165, 1.54) is 5.56 Å². The number of anilines is 1. The number of ether oxygens (including phenoxy) is 4. The van der Waals surface area contributed by atoms with Gasteiger partial charge in [0.2, 0.25) is 0 Å². The minimum Gasteiger partial charge on any atom is -0.493 e. The zero-order valence-electron chi connectivity index (χ0n) is 19.7. The Kier molecular flexibility index (Phi) is 6.61. The second-order valence-electron chi connectivity index (χ2n) is 7.92. The molecule has 0 radical (unpaired) electrons. The van der Waals surface area contributed by atoms with Gasteiger partial charge in [0.1, 0.15) is 19.0 Å². The van der Waals surface area contributed by atoms with Crippen LogP contribution in [-0.4, -0.2) is 48.9 Å². The Morgan fingerprint density at radius 2 is 1.66 bits per heavy atom. The molecular formula is C27H26N4O4. The quantitative estimate of drug-likeness (QED) is 0.399. The third-order valence-corrected chi connectivity index (χ3v) is 5.66. The van der Waals surface area contributed by atoms with E-state index in [1.807, 2.05) is 54.6 Å². The lowest BCUT2D eigenvalue weighted by Crippen LogP contribution is -2.15. The SMILES string of the molecule is COc1cc2nc(/C=C/c3ccc4c(c3)OCCO4)nc(NCCc3ccncc3)c2cc1OC. The number of fused-ring (bicyclic) bond motifs is 2. The van der Waals surface area contributed by atoms with Crippen molar-refractivity contribution in [1.82, 2.24) is 15.0 Å². The number of hydrogen-bond acceptors (Lipinski definition) is 8. The summed E-state index contributed by atoms with van der Waals surface area (Å²) in [7, 11) is 3.23. The van der Waals surface area contributed by atoms with E-state index >= 15 is 0 Å². The highest BCUT2D eigenvalue weighted by atomic mass is 16.6. The molecule has 0 fully saturated rings. The first-order chi connectivity index (χ1) is 17.2. The summed E-state index contributed by atoms with van der Waals surface area (Å²) >= 11 is 0. The molecule has 0 unspecified atom stereocenters. The highest BCUT2D eigenvalue weighted by molar-refractivity contribution is 5.92. The van der Waals surface area contributed by atoms with Gasteiger partial charge in [0.15, 0.2) is 28.8 Å². The fourth-order valence-electron chi connectivity index (χ4n) is 3.89. The molecule has 178 valence electrons. The highest BCUT2D eigenvalue weighted by Crippen LogP contribution is 2.35. The van der Waals surface area contributed by atoms with Gasteiger partial charge in [-0.05, 0) is 54.0 Å². The van der Waals surface area contributed by atoms with Crippen LogP contribution >= 0.6 is 0 Å². The van der Waals surface area contributed by atoms with Crippen molar-refractivity contribution in [3.63, 3.8) is 0 Å². The van der Waals surface area contributed by atoms with Crippen LogP contribution in [0.4, 0.5) is 5.82 Å². The van der Waals surface area contributed by atoms with E-state index in [0.29, 0.717) is 37.1 Å². The average molecular weight is 471 g/mol. The van der Waals surface area contributed by atoms with Crippen LogP contribution in [-0.2, 0) is 6.42 Å². The molecule has 0 bridgehead atoms. The van der Waals surface area contributed by atoms with E-state index in [9.17, 15) is 0 Å². The molecule has 3 heterocycles. The lowest BCUT2D eigenvalue weighted by atomic mass is 10.1. The van der Waals surface area contributed by atoms with Crippen LogP contribution in [0.2, 0.25) is 0 Å². The summed E-state index contributed by atoms with van der Waals surface area (Å²) in [5, 5.41) is 4.32. The average Bonchev–Trinajstić information content (AvgIpc) is 2.91. The molecule has 8 nitrogen and oxygen atoms in total. The van der Waals surface area contributed by atoms with Gasteiger partial charge in [-0.25, -0.2) is 9.97 Å². The Balaban J connectivity index is 1.46. The van der Waals surface area contributed by atoms with Gasteiger partial charge in [0.25, 0.3) is 0 Å². The number of pyridine rings is 1. The Morgan fingerprint density at radius 3 is 2.46 bits per heavy atom. The third kappa shape index (κ3) is 5.11. The molecule has 5 rings (SSSR count). The summed E-state index contributed by atoms with van der Waals surface area (Å²) in [4.78, 5) is 13.6. The molecular weight excluding hydrogens is 444 g/mol. The van der Waals surface area contributed by atoms with Gasteiger partial charge < -0.3 is 24.3 Å². The molecule has 0 amide bonds. The molecule has 8 heteroatoms. The van der Waals surface area contributed by atoms with E-state index in [-0.39, 0.29) is 0 Å². The van der Waals surface area contributed by atoms with Crippen LogP contribution in [0.15, 0.2) is 54.9 Å². The Labute approximate surface area is 203 Å². The van der Waals surface area contributed by atoms with Gasteiger partial charge in [0, 0.05) is 30.4 Å². The van der Waals surface area contributed by atoms with Crippen LogP contribution in [0.1, 0.15) is 17.0 Å². The topological polar surface area (TPSA) is 87.6 Å². The maximum Gasteiger partial charge on any atom is 0.162 e. The number of hydrogen-bond donors (Lipinski definition) is 1. The van der Waals surface area contributed by atoms with E-state index in [4.69, 9.17) is 28.9 Å². The molecule has 0 spiro atoms. The smallest absolute Gasteiger partial charge is 0.162 e. The van der Waals surface area contributed by atoms with Crippen LogP contribution < -0.4 is 24.3 Å². The van der Waals surface area contributed by atoms with Crippen molar-refractivity contribution in [1.29, 1.82) is 0 Å². The number of aromatic nitrogens is 3. The standard InChI is InChI=1S/C27H26N4O4/c1-32-23-16-20-21(17-24(23)33-2)30-26(31-27(20)29-12-9-18-7-10-28-11-8-18)6-4-19-3-5-22-25(15-19)35-14-13-34-22/h3-8,10-11,15-17H,9,12-14H2,1-2H3,(H,29,30,31)/b6-4+. The van der Waals surface area contributed by atoms with Gasteiger partial charge in [-0.15, -0.1) is 0 Å². The first kappa shape index (κ1) is 22.5. The number of nitrogens with zero attached hydrogens (tertiary/aromatic N) is 3. The van der Waals surface area contributed by atoms with Crippen molar-refractivity contribution >= 4 is 28.9 Å². The Bertz CT molecular complexity index is 1360. The summed E-state index contributed by atoms with van der Waals surface area (Å²) in [6.07, 6.45) is 8.28. The molecule has 1 N–H and O–H groups in total. The summed E-state index contributed by atoms with van der Waals surface area (Å²) in [6, 6.07) is 13.6. The Morgan fingerprint density at radius 1 is 0.886 bits per heavy atom. The first-order valence-corrected chi connectivity index (χ1v) is 11.4. The van der Waals surface area contributed by atoms with Crippen molar-refractivity contribution in [3.8, 4) is 23.0 Å². The van der Waals surface area contributed by atoms with Crippen molar-refractivity contribution in [3.05, 3.63) is 71.8 Å². The monoisotopic (exact) mass is 470 g/mol. The zero-order chi connectivity index (χ0) is 24.0. The molecule has 0 aliphatic carbocycles. The largest absolute Gasteiger partial charge is 0.493 e. The molecule has 35 heavy (non-hydrogen) atoms. The summed E-state index contributed by atoms with van der Waals surface area (Å²) in [5.74, 6) is 4.05. The molecule has 0 saturated carbocycles. The lowest BCUT2D eigenvalue weighted by molar-refractivity contribution is 0.171. The van der Waals surface area contributed by atoms with Crippen molar-refractivity contribution in [2.24, 2.45) is 0 Å². The second-order valence-corrected chi connectivity index (χ2v) is 7.92. The molecule has 2 aromatic heterocycles.